The summed E-state index contributed by atoms with van der Waals surface area (Å²) >= 11 is 8.56. The lowest BCUT2D eigenvalue weighted by atomic mass is 10.2. The van der Waals surface area contributed by atoms with E-state index in [0.29, 0.717) is 5.02 Å². The van der Waals surface area contributed by atoms with Crippen LogP contribution in [0.25, 0.3) is 0 Å². The number of hydrogen-bond donors (Lipinski definition) is 0. The molecular formula is C12H12ClN3O2S2. The summed E-state index contributed by atoms with van der Waals surface area (Å²) in [6.45, 7) is 0. The summed E-state index contributed by atoms with van der Waals surface area (Å²) in [5.74, 6) is 0.757. The van der Waals surface area contributed by atoms with Gasteiger partial charge in [0.15, 0.2) is 4.34 Å². The van der Waals surface area contributed by atoms with Gasteiger partial charge in [-0.2, -0.15) is 4.98 Å². The van der Waals surface area contributed by atoms with Crippen LogP contribution >= 0.6 is 34.9 Å². The summed E-state index contributed by atoms with van der Waals surface area (Å²) in [4.78, 5) is 16.8. The standard InChI is InChI=1S/C12H12ClN3O2S2/c1-16(2)12(17)18-10-14-11(20-15-10)19-7-8-3-5-9(13)6-4-8/h3-6H,7H2,1-2H3. The van der Waals surface area contributed by atoms with Crippen LogP contribution in [0.15, 0.2) is 28.6 Å². The minimum atomic E-state index is -0.489. The van der Waals surface area contributed by atoms with Crippen LogP contribution in [0.2, 0.25) is 5.02 Å². The van der Waals surface area contributed by atoms with Gasteiger partial charge in [0.1, 0.15) is 0 Å². The summed E-state index contributed by atoms with van der Waals surface area (Å²) in [5.41, 5.74) is 1.14. The van der Waals surface area contributed by atoms with Crippen LogP contribution in [0, 0.1) is 0 Å². The molecule has 0 aliphatic heterocycles. The van der Waals surface area contributed by atoms with Crippen LogP contribution in [0.3, 0.4) is 0 Å². The Balaban J connectivity index is 1.89. The van der Waals surface area contributed by atoms with Crippen molar-refractivity contribution in [3.63, 3.8) is 0 Å². The molecule has 1 aromatic carbocycles. The number of ether oxygens (including phenoxy) is 1. The van der Waals surface area contributed by atoms with Crippen molar-refractivity contribution in [3.8, 4) is 6.01 Å². The van der Waals surface area contributed by atoms with Crippen molar-refractivity contribution in [2.75, 3.05) is 14.1 Å². The zero-order valence-electron chi connectivity index (χ0n) is 10.9. The minimum absolute atomic E-state index is 0.0901. The van der Waals surface area contributed by atoms with E-state index in [1.165, 1.54) is 28.2 Å². The normalized spacial score (nSPS) is 10.3. The van der Waals surface area contributed by atoms with E-state index in [1.807, 2.05) is 24.3 Å². The Hall–Kier alpha value is -1.31. The highest BCUT2D eigenvalue weighted by Gasteiger charge is 2.12. The first-order valence-corrected chi connectivity index (χ1v) is 7.78. The van der Waals surface area contributed by atoms with Gasteiger partial charge in [-0.25, -0.2) is 4.79 Å². The molecule has 0 aliphatic rings. The fraction of sp³-hybridized carbons (Fsp3) is 0.250. The molecule has 1 aromatic heterocycles. The van der Waals surface area contributed by atoms with Gasteiger partial charge in [0.05, 0.1) is 0 Å². The zero-order valence-corrected chi connectivity index (χ0v) is 13.3. The van der Waals surface area contributed by atoms with Gasteiger partial charge in [0, 0.05) is 24.9 Å². The van der Waals surface area contributed by atoms with Crippen molar-refractivity contribution in [1.82, 2.24) is 14.3 Å². The quantitative estimate of drug-likeness (QED) is 0.803. The molecule has 0 radical (unpaired) electrons. The highest BCUT2D eigenvalue weighted by molar-refractivity contribution is 8.00. The monoisotopic (exact) mass is 329 g/mol. The molecule has 1 heterocycles. The zero-order chi connectivity index (χ0) is 14.5. The number of aromatic nitrogens is 2. The molecule has 0 aliphatic carbocycles. The lowest BCUT2D eigenvalue weighted by Gasteiger charge is -2.06. The molecule has 0 saturated carbocycles. The van der Waals surface area contributed by atoms with Gasteiger partial charge in [-0.3, -0.25) is 0 Å². The molecule has 106 valence electrons. The van der Waals surface area contributed by atoms with E-state index >= 15 is 0 Å². The van der Waals surface area contributed by atoms with Gasteiger partial charge in [-0.15, -0.1) is 4.37 Å². The summed E-state index contributed by atoms with van der Waals surface area (Å²) in [5, 5.41) is 0.715. The molecule has 20 heavy (non-hydrogen) atoms. The molecule has 0 atom stereocenters. The van der Waals surface area contributed by atoms with Gasteiger partial charge in [-0.1, -0.05) is 35.5 Å². The molecule has 0 saturated heterocycles. The number of amides is 1. The van der Waals surface area contributed by atoms with Crippen molar-refractivity contribution < 1.29 is 9.53 Å². The molecular weight excluding hydrogens is 318 g/mol. The van der Waals surface area contributed by atoms with Gasteiger partial charge in [0.25, 0.3) is 0 Å². The van der Waals surface area contributed by atoms with Crippen LogP contribution in [0.1, 0.15) is 5.56 Å². The predicted octanol–water partition coefficient (Wildman–Crippen LogP) is 3.54. The molecule has 0 bridgehead atoms. The fourth-order valence-corrected chi connectivity index (χ4v) is 2.80. The second-order valence-corrected chi connectivity index (χ2v) is 6.43. The lowest BCUT2D eigenvalue weighted by molar-refractivity contribution is 0.168. The van der Waals surface area contributed by atoms with Gasteiger partial charge in [0.2, 0.25) is 0 Å². The molecule has 2 aromatic rings. The third kappa shape index (κ3) is 4.36. The average Bonchev–Trinajstić information content (AvgIpc) is 2.85. The second kappa shape index (κ2) is 6.92. The number of carbonyl (C=O) groups is 1. The Morgan fingerprint density at radius 3 is 2.75 bits per heavy atom. The Morgan fingerprint density at radius 1 is 1.40 bits per heavy atom. The summed E-state index contributed by atoms with van der Waals surface area (Å²) in [6, 6.07) is 7.71. The van der Waals surface area contributed by atoms with Crippen LogP contribution < -0.4 is 4.74 Å². The Labute approximate surface area is 130 Å². The summed E-state index contributed by atoms with van der Waals surface area (Å²) in [7, 11) is 3.20. The summed E-state index contributed by atoms with van der Waals surface area (Å²) in [6.07, 6.45) is -0.489. The van der Waals surface area contributed by atoms with Crippen LogP contribution in [0.4, 0.5) is 4.79 Å². The molecule has 0 spiro atoms. The van der Waals surface area contributed by atoms with E-state index in [9.17, 15) is 4.79 Å². The van der Waals surface area contributed by atoms with E-state index in [-0.39, 0.29) is 6.01 Å². The third-order valence-electron chi connectivity index (χ3n) is 2.21. The van der Waals surface area contributed by atoms with Crippen molar-refractivity contribution in [2.45, 2.75) is 10.1 Å². The number of benzene rings is 1. The molecule has 1 amide bonds. The van der Waals surface area contributed by atoms with E-state index < -0.39 is 6.09 Å². The van der Waals surface area contributed by atoms with E-state index in [1.54, 1.807) is 14.1 Å². The van der Waals surface area contributed by atoms with E-state index in [4.69, 9.17) is 16.3 Å². The van der Waals surface area contributed by atoms with Crippen molar-refractivity contribution in [2.24, 2.45) is 0 Å². The first-order valence-electron chi connectivity index (χ1n) is 5.64. The second-order valence-electron chi connectivity index (χ2n) is 4.02. The summed E-state index contributed by atoms with van der Waals surface area (Å²) < 4.78 is 9.70. The average molecular weight is 330 g/mol. The van der Waals surface area contributed by atoms with Crippen LogP contribution in [-0.4, -0.2) is 34.4 Å². The smallest absolute Gasteiger partial charge is 0.373 e. The fourth-order valence-electron chi connectivity index (χ4n) is 1.19. The molecule has 0 N–H and O–H groups in total. The maximum atomic E-state index is 11.3. The molecule has 5 nitrogen and oxygen atoms in total. The van der Waals surface area contributed by atoms with Crippen molar-refractivity contribution in [1.29, 1.82) is 0 Å². The topological polar surface area (TPSA) is 55.3 Å². The third-order valence-corrected chi connectivity index (χ3v) is 4.35. The van der Waals surface area contributed by atoms with Crippen LogP contribution in [0.5, 0.6) is 6.01 Å². The number of halogens is 1. The lowest BCUT2D eigenvalue weighted by Crippen LogP contribution is -2.25. The van der Waals surface area contributed by atoms with E-state index in [2.05, 4.69) is 9.36 Å². The SMILES string of the molecule is CN(C)C(=O)Oc1nsc(SCc2ccc(Cl)cc2)n1. The number of carbonyl (C=O) groups excluding carboxylic acids is 1. The Morgan fingerprint density at radius 2 is 2.10 bits per heavy atom. The Kier molecular flexibility index (Phi) is 5.22. The highest BCUT2D eigenvalue weighted by atomic mass is 35.5. The maximum absolute atomic E-state index is 11.3. The van der Waals surface area contributed by atoms with E-state index in [0.717, 1.165) is 15.7 Å². The predicted molar refractivity (Wildman–Crippen MR) is 80.6 cm³/mol. The Bertz CT molecular complexity index is 587. The van der Waals surface area contributed by atoms with Gasteiger partial charge in [-0.05, 0) is 29.2 Å². The maximum Gasteiger partial charge on any atom is 0.417 e. The first kappa shape index (κ1) is 15.1. The number of thioether (sulfide) groups is 1. The molecule has 0 fully saturated rings. The number of hydrogen-bond acceptors (Lipinski definition) is 6. The van der Waals surface area contributed by atoms with Crippen molar-refractivity contribution >= 4 is 41.0 Å². The molecule has 8 heteroatoms. The first-order chi connectivity index (χ1) is 9.54. The number of nitrogens with zero attached hydrogens (tertiary/aromatic N) is 3. The van der Waals surface area contributed by atoms with Crippen molar-refractivity contribution in [3.05, 3.63) is 34.9 Å². The van der Waals surface area contributed by atoms with Gasteiger partial charge < -0.3 is 9.64 Å². The minimum Gasteiger partial charge on any atom is -0.373 e. The van der Waals surface area contributed by atoms with Gasteiger partial charge >= 0.3 is 12.1 Å². The van der Waals surface area contributed by atoms with Crippen LogP contribution in [-0.2, 0) is 5.75 Å². The molecule has 0 unspecified atom stereocenters. The number of rotatable bonds is 4. The largest absolute Gasteiger partial charge is 0.417 e. The molecule has 2 rings (SSSR count). The highest BCUT2D eigenvalue weighted by Crippen LogP contribution is 2.26.